The van der Waals surface area contributed by atoms with Gasteiger partial charge in [0.1, 0.15) is 21.7 Å². The van der Waals surface area contributed by atoms with Gasteiger partial charge < -0.3 is 9.47 Å². The molecule has 3 aromatic carbocycles. The summed E-state index contributed by atoms with van der Waals surface area (Å²) < 4.78 is 39.7. The van der Waals surface area contributed by atoms with Gasteiger partial charge in [-0.15, -0.1) is 0 Å². The summed E-state index contributed by atoms with van der Waals surface area (Å²) in [4.78, 5) is 17.5. The van der Waals surface area contributed by atoms with Crippen LogP contribution in [-0.2, 0) is 16.6 Å². The smallest absolute Gasteiger partial charge is 0.257 e. The maximum atomic E-state index is 13.4. The monoisotopic (exact) mass is 525 g/mol. The van der Waals surface area contributed by atoms with Gasteiger partial charge in [-0.2, -0.15) is 4.31 Å². The van der Waals surface area contributed by atoms with Gasteiger partial charge in [0.25, 0.3) is 5.91 Å². The highest BCUT2D eigenvalue weighted by atomic mass is 32.2. The van der Waals surface area contributed by atoms with Gasteiger partial charge in [-0.05, 0) is 55.8 Å². The highest BCUT2D eigenvalue weighted by Gasteiger charge is 2.27. The molecule has 1 aromatic heterocycles. The lowest BCUT2D eigenvalue weighted by molar-refractivity contribution is 0.102. The number of amides is 1. The van der Waals surface area contributed by atoms with Crippen molar-refractivity contribution >= 4 is 42.6 Å². The first-order valence-corrected chi connectivity index (χ1v) is 13.5. The van der Waals surface area contributed by atoms with Crippen LogP contribution in [0.25, 0.3) is 10.2 Å². The van der Waals surface area contributed by atoms with E-state index in [1.165, 1.54) is 39.9 Å². The number of hydrogen-bond acceptors (Lipinski definition) is 7. The lowest BCUT2D eigenvalue weighted by Gasteiger charge is -2.26. The second-order valence-corrected chi connectivity index (χ2v) is 11.2. The Morgan fingerprint density at radius 1 is 0.972 bits per heavy atom. The first-order valence-electron chi connectivity index (χ1n) is 11.2. The minimum Gasteiger partial charge on any atom is -0.495 e. The molecule has 0 bridgehead atoms. The van der Waals surface area contributed by atoms with Crippen molar-refractivity contribution in [2.75, 3.05) is 19.5 Å². The van der Waals surface area contributed by atoms with Gasteiger partial charge in [0.05, 0.1) is 19.1 Å². The summed E-state index contributed by atoms with van der Waals surface area (Å²) in [5.74, 6) is 0.798. The van der Waals surface area contributed by atoms with Gasteiger partial charge in [-0.1, -0.05) is 41.7 Å². The lowest BCUT2D eigenvalue weighted by atomic mass is 10.2. The molecule has 1 N–H and O–H groups in total. The molecular weight excluding hydrogens is 498 g/mol. The Morgan fingerprint density at radius 3 is 2.22 bits per heavy atom. The standard InChI is InChI=1S/C26H27N3O5S2/c1-17(2)29(16-18-8-6-5-7-9-18)36(31,32)20-12-10-19(11-13-20)25(30)28-26-27-23-21(33-3)14-15-22(34-4)24(23)35-26/h5-15,17H,16H2,1-4H3,(H,27,28,30). The van der Waals surface area contributed by atoms with E-state index in [2.05, 4.69) is 10.3 Å². The Kier molecular flexibility index (Phi) is 7.58. The summed E-state index contributed by atoms with van der Waals surface area (Å²) in [5, 5.41) is 3.16. The number of nitrogens with zero attached hydrogens (tertiary/aromatic N) is 2. The van der Waals surface area contributed by atoms with Crippen molar-refractivity contribution in [1.82, 2.24) is 9.29 Å². The molecule has 0 radical (unpaired) electrons. The molecular formula is C26H27N3O5S2. The van der Waals surface area contributed by atoms with Crippen molar-refractivity contribution in [2.24, 2.45) is 0 Å². The molecule has 8 nitrogen and oxygen atoms in total. The fourth-order valence-corrected chi connectivity index (χ4v) is 6.32. The van der Waals surface area contributed by atoms with Gasteiger partial charge in [-0.25, -0.2) is 13.4 Å². The number of nitrogens with one attached hydrogen (secondary N) is 1. The molecule has 0 aliphatic rings. The van der Waals surface area contributed by atoms with Crippen LogP contribution in [0.2, 0.25) is 0 Å². The molecule has 1 heterocycles. The van der Waals surface area contributed by atoms with Crippen molar-refractivity contribution in [1.29, 1.82) is 0 Å². The molecule has 4 aromatic rings. The SMILES string of the molecule is COc1ccc(OC)c2sc(NC(=O)c3ccc(S(=O)(=O)N(Cc4ccccc4)C(C)C)cc3)nc12. The molecule has 1 amide bonds. The summed E-state index contributed by atoms with van der Waals surface area (Å²) in [6.45, 7) is 3.93. The minimum atomic E-state index is -3.77. The van der Waals surface area contributed by atoms with Crippen LogP contribution in [0.4, 0.5) is 5.13 Å². The average Bonchev–Trinajstić information content (AvgIpc) is 3.30. The van der Waals surface area contributed by atoms with Crippen molar-refractivity contribution in [3.8, 4) is 11.5 Å². The van der Waals surface area contributed by atoms with E-state index >= 15 is 0 Å². The first kappa shape index (κ1) is 25.6. The zero-order valence-corrected chi connectivity index (χ0v) is 22.0. The number of methoxy groups -OCH3 is 2. The van der Waals surface area contributed by atoms with E-state index in [4.69, 9.17) is 9.47 Å². The quantitative estimate of drug-likeness (QED) is 0.324. The number of fused-ring (bicyclic) bond motifs is 1. The summed E-state index contributed by atoms with van der Waals surface area (Å²) in [6, 6.07) is 18.6. The largest absolute Gasteiger partial charge is 0.495 e. The maximum Gasteiger partial charge on any atom is 0.257 e. The molecule has 10 heteroatoms. The highest BCUT2D eigenvalue weighted by molar-refractivity contribution is 7.89. The fraction of sp³-hybridized carbons (Fsp3) is 0.231. The number of sulfonamides is 1. The van der Waals surface area contributed by atoms with Gasteiger partial charge in [0.15, 0.2) is 5.13 Å². The summed E-state index contributed by atoms with van der Waals surface area (Å²) in [6.07, 6.45) is 0. The molecule has 0 unspecified atom stereocenters. The second kappa shape index (κ2) is 10.7. The van der Waals surface area contributed by atoms with E-state index in [0.29, 0.717) is 27.7 Å². The van der Waals surface area contributed by atoms with Crippen LogP contribution in [0.1, 0.15) is 29.8 Å². The van der Waals surface area contributed by atoms with Crippen LogP contribution in [0.3, 0.4) is 0 Å². The lowest BCUT2D eigenvalue weighted by Crippen LogP contribution is -2.36. The third kappa shape index (κ3) is 5.20. The maximum absolute atomic E-state index is 13.4. The van der Waals surface area contributed by atoms with Gasteiger partial charge in [-0.3, -0.25) is 10.1 Å². The second-order valence-electron chi connectivity index (χ2n) is 8.27. The molecule has 0 saturated carbocycles. The van der Waals surface area contributed by atoms with Crippen LogP contribution in [-0.4, -0.2) is 43.9 Å². The van der Waals surface area contributed by atoms with Crippen LogP contribution in [0.5, 0.6) is 11.5 Å². The van der Waals surface area contributed by atoms with Crippen molar-refractivity contribution in [3.05, 3.63) is 77.9 Å². The number of carbonyl (C=O) groups excluding carboxylic acids is 1. The van der Waals surface area contributed by atoms with Crippen LogP contribution >= 0.6 is 11.3 Å². The van der Waals surface area contributed by atoms with Crippen LogP contribution in [0.15, 0.2) is 71.6 Å². The fourth-order valence-electron chi connectivity index (χ4n) is 3.73. The predicted octanol–water partition coefficient (Wildman–Crippen LogP) is 5.17. The number of aromatic nitrogens is 1. The van der Waals surface area contributed by atoms with E-state index < -0.39 is 15.9 Å². The number of hydrogen-bond donors (Lipinski definition) is 1. The molecule has 0 atom stereocenters. The summed E-state index contributed by atoms with van der Waals surface area (Å²) in [5.41, 5.74) is 1.80. The number of carbonyl (C=O) groups is 1. The highest BCUT2D eigenvalue weighted by Crippen LogP contribution is 2.39. The van der Waals surface area contributed by atoms with E-state index in [9.17, 15) is 13.2 Å². The zero-order chi connectivity index (χ0) is 25.9. The van der Waals surface area contributed by atoms with Crippen LogP contribution < -0.4 is 14.8 Å². The van der Waals surface area contributed by atoms with Gasteiger partial charge in [0, 0.05) is 18.2 Å². The van der Waals surface area contributed by atoms with Crippen molar-refractivity contribution in [2.45, 2.75) is 31.3 Å². The molecule has 0 fully saturated rings. The zero-order valence-electron chi connectivity index (χ0n) is 20.4. The van der Waals surface area contributed by atoms with Crippen LogP contribution in [0, 0.1) is 0 Å². The normalized spacial score (nSPS) is 11.7. The number of benzene rings is 3. The van der Waals surface area contributed by atoms with Gasteiger partial charge >= 0.3 is 0 Å². The number of thiazole rings is 1. The predicted molar refractivity (Wildman–Crippen MR) is 141 cm³/mol. The van der Waals surface area contributed by atoms with Crippen molar-refractivity contribution < 1.29 is 22.7 Å². The Labute approximate surface area is 214 Å². The number of anilines is 1. The summed E-state index contributed by atoms with van der Waals surface area (Å²) >= 11 is 1.27. The first-order chi connectivity index (χ1) is 17.2. The molecule has 0 saturated heterocycles. The average molecular weight is 526 g/mol. The minimum absolute atomic E-state index is 0.123. The molecule has 188 valence electrons. The Morgan fingerprint density at radius 2 is 1.61 bits per heavy atom. The Balaban J connectivity index is 1.55. The molecule has 0 aliphatic carbocycles. The van der Waals surface area contributed by atoms with E-state index in [1.54, 1.807) is 26.4 Å². The van der Waals surface area contributed by atoms with E-state index in [-0.39, 0.29) is 17.5 Å². The Hall–Kier alpha value is -3.47. The molecule has 0 spiro atoms. The van der Waals surface area contributed by atoms with Gasteiger partial charge in [0.2, 0.25) is 10.0 Å². The molecule has 36 heavy (non-hydrogen) atoms. The third-order valence-electron chi connectivity index (χ3n) is 5.61. The van der Waals surface area contributed by atoms with Crippen molar-refractivity contribution in [3.63, 3.8) is 0 Å². The topological polar surface area (TPSA) is 97.8 Å². The third-order valence-corrected chi connectivity index (χ3v) is 8.63. The molecule has 0 aliphatic heterocycles. The number of ether oxygens (including phenoxy) is 2. The Bertz CT molecular complexity index is 1430. The summed E-state index contributed by atoms with van der Waals surface area (Å²) in [7, 11) is -0.654. The van der Waals surface area contributed by atoms with E-state index in [1.807, 2.05) is 44.2 Å². The number of rotatable bonds is 9. The molecule has 4 rings (SSSR count). The van der Waals surface area contributed by atoms with E-state index in [0.717, 1.165) is 10.3 Å².